The lowest BCUT2D eigenvalue weighted by Gasteiger charge is -2.24. The predicted octanol–water partition coefficient (Wildman–Crippen LogP) is 0.305. The van der Waals surface area contributed by atoms with Gasteiger partial charge in [0.1, 0.15) is 6.04 Å². The van der Waals surface area contributed by atoms with E-state index in [1.54, 1.807) is 0 Å². The fraction of sp³-hybridized carbons (Fsp3) is 0.923. The van der Waals surface area contributed by atoms with Crippen LogP contribution in [0.2, 0.25) is 0 Å². The number of nitrogens with zero attached hydrogens (tertiary/aromatic N) is 1. The molecule has 2 atom stereocenters. The Balaban J connectivity index is 2.62. The Hall–Kier alpha value is -0.660. The van der Waals surface area contributed by atoms with E-state index in [2.05, 4.69) is 10.6 Å². The van der Waals surface area contributed by atoms with Crippen LogP contribution in [0.25, 0.3) is 0 Å². The molecule has 1 saturated heterocycles. The highest BCUT2D eigenvalue weighted by atomic mass is 32.2. The minimum Gasteiger partial charge on any atom is -0.353 e. The third-order valence-electron chi connectivity index (χ3n) is 3.69. The zero-order valence-electron chi connectivity index (χ0n) is 12.7. The van der Waals surface area contributed by atoms with Crippen molar-refractivity contribution in [1.82, 2.24) is 14.9 Å². The summed E-state index contributed by atoms with van der Waals surface area (Å²) >= 11 is 0. The van der Waals surface area contributed by atoms with Crippen LogP contribution in [0.3, 0.4) is 0 Å². The Morgan fingerprint density at radius 3 is 2.75 bits per heavy atom. The molecule has 1 heterocycles. The largest absolute Gasteiger partial charge is 0.353 e. The molecule has 20 heavy (non-hydrogen) atoms. The normalized spacial score (nSPS) is 21.9. The van der Waals surface area contributed by atoms with Gasteiger partial charge >= 0.3 is 0 Å². The first kappa shape index (κ1) is 17.4. The molecular formula is C13H27N3O3S. The summed E-state index contributed by atoms with van der Waals surface area (Å²) in [6, 6.07) is -0.355. The number of carbonyl (C=O) groups excluding carboxylic acids is 1. The lowest BCUT2D eigenvalue weighted by molar-refractivity contribution is -0.124. The van der Waals surface area contributed by atoms with E-state index in [9.17, 15) is 13.2 Å². The quantitative estimate of drug-likeness (QED) is 0.676. The van der Waals surface area contributed by atoms with Crippen LogP contribution < -0.4 is 10.6 Å². The van der Waals surface area contributed by atoms with E-state index < -0.39 is 16.1 Å². The van der Waals surface area contributed by atoms with E-state index in [-0.39, 0.29) is 17.7 Å². The van der Waals surface area contributed by atoms with Gasteiger partial charge in [-0.2, -0.15) is 4.31 Å². The van der Waals surface area contributed by atoms with Gasteiger partial charge in [0.15, 0.2) is 0 Å². The summed E-state index contributed by atoms with van der Waals surface area (Å²) in [5.74, 6) is -0.0371. The summed E-state index contributed by atoms with van der Waals surface area (Å²) in [6.45, 7) is 4.90. The molecule has 0 spiro atoms. The average Bonchev–Trinajstić information content (AvgIpc) is 2.92. The van der Waals surface area contributed by atoms with Crippen LogP contribution in [0.1, 0.15) is 39.5 Å². The monoisotopic (exact) mass is 305 g/mol. The van der Waals surface area contributed by atoms with Crippen LogP contribution in [0.15, 0.2) is 0 Å². The van der Waals surface area contributed by atoms with Gasteiger partial charge in [-0.05, 0) is 33.2 Å². The maximum Gasteiger partial charge on any atom is 0.238 e. The number of carbonyl (C=O) groups is 1. The standard InChI is InChI=1S/C13H27N3O3S/c1-4-5-9-20(18,19)16-8-6-7-12(16)13(17)15-10-11(2)14-3/h11-12,14H,4-10H2,1-3H3,(H,15,17). The summed E-state index contributed by atoms with van der Waals surface area (Å²) in [5, 5.41) is 5.86. The van der Waals surface area contributed by atoms with Crippen molar-refractivity contribution < 1.29 is 13.2 Å². The van der Waals surface area contributed by atoms with E-state index >= 15 is 0 Å². The maximum absolute atomic E-state index is 12.2. The Labute approximate surface area is 122 Å². The number of rotatable bonds is 8. The van der Waals surface area contributed by atoms with Crippen molar-refractivity contribution in [1.29, 1.82) is 0 Å². The highest BCUT2D eigenvalue weighted by molar-refractivity contribution is 7.89. The minimum atomic E-state index is -3.30. The van der Waals surface area contributed by atoms with Crippen molar-refractivity contribution in [3.05, 3.63) is 0 Å². The van der Waals surface area contributed by atoms with Crippen molar-refractivity contribution in [3.8, 4) is 0 Å². The number of hydrogen-bond donors (Lipinski definition) is 2. The smallest absolute Gasteiger partial charge is 0.238 e. The Bertz CT molecular complexity index is 411. The maximum atomic E-state index is 12.2. The van der Waals surface area contributed by atoms with Gasteiger partial charge in [0.25, 0.3) is 0 Å². The molecule has 0 aromatic heterocycles. The second-order valence-corrected chi connectivity index (χ2v) is 7.41. The third-order valence-corrected chi connectivity index (χ3v) is 5.65. The fourth-order valence-electron chi connectivity index (χ4n) is 2.25. The third kappa shape index (κ3) is 4.71. The molecule has 118 valence electrons. The first-order chi connectivity index (χ1) is 9.42. The predicted molar refractivity (Wildman–Crippen MR) is 80.0 cm³/mol. The summed E-state index contributed by atoms with van der Waals surface area (Å²) in [7, 11) is -1.48. The van der Waals surface area contributed by atoms with Crippen molar-refractivity contribution in [2.45, 2.75) is 51.6 Å². The number of nitrogens with one attached hydrogen (secondary N) is 2. The van der Waals surface area contributed by atoms with E-state index in [1.165, 1.54) is 4.31 Å². The van der Waals surface area contributed by atoms with Gasteiger partial charge in [-0.25, -0.2) is 8.42 Å². The zero-order valence-corrected chi connectivity index (χ0v) is 13.5. The summed E-state index contributed by atoms with van der Waals surface area (Å²) in [5.41, 5.74) is 0. The van der Waals surface area contributed by atoms with Gasteiger partial charge in [-0.1, -0.05) is 13.3 Å². The number of likely N-dealkylation sites (N-methyl/N-ethyl adjacent to an activating group) is 1. The molecule has 0 bridgehead atoms. The SMILES string of the molecule is CCCCS(=O)(=O)N1CCCC1C(=O)NCC(C)NC. The molecule has 1 aliphatic rings. The van der Waals surface area contributed by atoms with E-state index in [4.69, 9.17) is 0 Å². The molecule has 0 aromatic rings. The van der Waals surface area contributed by atoms with Crippen LogP contribution in [0, 0.1) is 0 Å². The Morgan fingerprint density at radius 1 is 1.45 bits per heavy atom. The Kier molecular flexibility index (Phi) is 6.91. The average molecular weight is 305 g/mol. The zero-order chi connectivity index (χ0) is 15.2. The van der Waals surface area contributed by atoms with Crippen molar-refractivity contribution in [3.63, 3.8) is 0 Å². The number of sulfonamides is 1. The van der Waals surface area contributed by atoms with Gasteiger partial charge in [0.2, 0.25) is 15.9 Å². The summed E-state index contributed by atoms with van der Waals surface area (Å²) in [4.78, 5) is 12.2. The van der Waals surface area contributed by atoms with Crippen molar-refractivity contribution in [2.75, 3.05) is 25.9 Å². The van der Waals surface area contributed by atoms with Crippen LogP contribution in [0.5, 0.6) is 0 Å². The van der Waals surface area contributed by atoms with Gasteiger partial charge in [-0.15, -0.1) is 0 Å². The lowest BCUT2D eigenvalue weighted by atomic mass is 10.2. The van der Waals surface area contributed by atoms with Gasteiger partial charge in [-0.3, -0.25) is 4.79 Å². The molecule has 0 radical (unpaired) electrons. The molecule has 1 amide bonds. The second kappa shape index (κ2) is 7.95. The second-order valence-electron chi connectivity index (χ2n) is 5.37. The van der Waals surface area contributed by atoms with Crippen LogP contribution in [0.4, 0.5) is 0 Å². The first-order valence-electron chi connectivity index (χ1n) is 7.36. The summed E-state index contributed by atoms with van der Waals surface area (Å²) < 4.78 is 25.9. The Morgan fingerprint density at radius 2 is 2.15 bits per heavy atom. The molecule has 6 nitrogen and oxygen atoms in total. The minimum absolute atomic E-state index is 0.139. The molecule has 0 saturated carbocycles. The molecule has 1 rings (SSSR count). The van der Waals surface area contributed by atoms with E-state index in [0.717, 1.165) is 12.8 Å². The molecule has 0 aromatic carbocycles. The highest BCUT2D eigenvalue weighted by Gasteiger charge is 2.37. The number of unbranched alkanes of at least 4 members (excludes halogenated alkanes) is 1. The van der Waals surface area contributed by atoms with Gasteiger partial charge in [0.05, 0.1) is 5.75 Å². The van der Waals surface area contributed by atoms with Crippen LogP contribution in [-0.4, -0.2) is 56.6 Å². The fourth-order valence-corrected chi connectivity index (χ4v) is 4.14. The molecular weight excluding hydrogens is 278 g/mol. The molecule has 1 aliphatic heterocycles. The van der Waals surface area contributed by atoms with Gasteiger partial charge < -0.3 is 10.6 Å². The van der Waals surface area contributed by atoms with Crippen LogP contribution in [-0.2, 0) is 14.8 Å². The molecule has 2 unspecified atom stereocenters. The van der Waals surface area contributed by atoms with Crippen LogP contribution >= 0.6 is 0 Å². The van der Waals surface area contributed by atoms with E-state index in [1.807, 2.05) is 20.9 Å². The number of amides is 1. The molecule has 1 fully saturated rings. The topological polar surface area (TPSA) is 78.5 Å². The van der Waals surface area contributed by atoms with E-state index in [0.29, 0.717) is 25.9 Å². The van der Waals surface area contributed by atoms with Crippen molar-refractivity contribution in [2.24, 2.45) is 0 Å². The molecule has 7 heteroatoms. The van der Waals surface area contributed by atoms with Gasteiger partial charge in [0, 0.05) is 19.1 Å². The molecule has 0 aliphatic carbocycles. The summed E-state index contributed by atoms with van der Waals surface area (Å²) in [6.07, 6.45) is 2.85. The highest BCUT2D eigenvalue weighted by Crippen LogP contribution is 2.22. The number of hydrogen-bond acceptors (Lipinski definition) is 4. The van der Waals surface area contributed by atoms with Crippen molar-refractivity contribution >= 4 is 15.9 Å². The lowest BCUT2D eigenvalue weighted by Crippen LogP contribution is -2.48. The first-order valence-corrected chi connectivity index (χ1v) is 8.97. The molecule has 2 N–H and O–H groups in total.